The summed E-state index contributed by atoms with van der Waals surface area (Å²) in [6.07, 6.45) is 1.76. The van der Waals surface area contributed by atoms with Gasteiger partial charge in [0.2, 0.25) is 5.91 Å². The van der Waals surface area contributed by atoms with Crippen molar-refractivity contribution < 1.29 is 14.5 Å². The van der Waals surface area contributed by atoms with Gasteiger partial charge in [0.15, 0.2) is 0 Å². The van der Waals surface area contributed by atoms with E-state index < -0.39 is 4.92 Å². The molecule has 7 nitrogen and oxygen atoms in total. The number of rotatable bonds is 4. The first kappa shape index (κ1) is 14.3. The van der Waals surface area contributed by atoms with Crippen LogP contribution in [0.3, 0.4) is 0 Å². The number of amides is 1. The van der Waals surface area contributed by atoms with E-state index in [2.05, 4.69) is 10.6 Å². The average Bonchev–Trinajstić information content (AvgIpc) is 2.48. The molecular formula is C13H17N3O4. The van der Waals surface area contributed by atoms with Crippen molar-refractivity contribution in [1.82, 2.24) is 5.32 Å². The lowest BCUT2D eigenvalue weighted by Gasteiger charge is -2.22. The van der Waals surface area contributed by atoms with Gasteiger partial charge in [0.1, 0.15) is 5.75 Å². The van der Waals surface area contributed by atoms with Gasteiger partial charge in [-0.3, -0.25) is 14.9 Å². The number of piperidine rings is 1. The first-order valence-electron chi connectivity index (χ1n) is 6.46. The maximum Gasteiger partial charge on any atom is 0.271 e. The molecule has 1 aromatic rings. The third-order valence-electron chi connectivity index (χ3n) is 3.32. The fourth-order valence-electron chi connectivity index (χ4n) is 2.22. The van der Waals surface area contributed by atoms with Gasteiger partial charge in [0.25, 0.3) is 5.69 Å². The number of nitro benzene ring substituents is 1. The van der Waals surface area contributed by atoms with Crippen LogP contribution in [0.4, 0.5) is 11.4 Å². The number of benzene rings is 1. The quantitative estimate of drug-likeness (QED) is 0.644. The molecule has 1 amide bonds. The smallest absolute Gasteiger partial charge is 0.271 e. The third kappa shape index (κ3) is 3.24. The highest BCUT2D eigenvalue weighted by Crippen LogP contribution is 2.29. The number of non-ortho nitro benzene ring substituents is 1. The summed E-state index contributed by atoms with van der Waals surface area (Å²) >= 11 is 0. The zero-order valence-electron chi connectivity index (χ0n) is 11.2. The van der Waals surface area contributed by atoms with Crippen molar-refractivity contribution >= 4 is 17.3 Å². The molecule has 1 atom stereocenters. The Balaban J connectivity index is 2.15. The van der Waals surface area contributed by atoms with Gasteiger partial charge in [-0.2, -0.15) is 0 Å². The van der Waals surface area contributed by atoms with Crippen molar-refractivity contribution in [2.24, 2.45) is 5.92 Å². The number of hydrogen-bond donors (Lipinski definition) is 2. The minimum absolute atomic E-state index is 0.0807. The van der Waals surface area contributed by atoms with E-state index >= 15 is 0 Å². The molecule has 0 saturated carbocycles. The topological polar surface area (TPSA) is 93.5 Å². The summed E-state index contributed by atoms with van der Waals surface area (Å²) in [7, 11) is 1.46. The molecule has 108 valence electrons. The first-order chi connectivity index (χ1) is 9.61. The second-order valence-corrected chi connectivity index (χ2v) is 4.67. The van der Waals surface area contributed by atoms with Gasteiger partial charge in [-0.15, -0.1) is 0 Å². The van der Waals surface area contributed by atoms with Crippen LogP contribution in [-0.4, -0.2) is 31.0 Å². The number of carbonyl (C=O) groups is 1. The van der Waals surface area contributed by atoms with E-state index in [1.165, 1.54) is 25.3 Å². The van der Waals surface area contributed by atoms with E-state index in [4.69, 9.17) is 4.74 Å². The largest absolute Gasteiger partial charge is 0.495 e. The summed E-state index contributed by atoms with van der Waals surface area (Å²) in [5.74, 6) is 0.149. The molecule has 0 aliphatic carbocycles. The van der Waals surface area contributed by atoms with E-state index in [9.17, 15) is 14.9 Å². The zero-order valence-corrected chi connectivity index (χ0v) is 11.2. The lowest BCUT2D eigenvalue weighted by atomic mass is 9.99. The van der Waals surface area contributed by atoms with Crippen molar-refractivity contribution in [2.75, 3.05) is 25.5 Å². The van der Waals surface area contributed by atoms with Gasteiger partial charge in [-0.25, -0.2) is 0 Å². The van der Waals surface area contributed by atoms with E-state index in [-0.39, 0.29) is 17.5 Å². The van der Waals surface area contributed by atoms with Gasteiger partial charge < -0.3 is 15.4 Å². The molecule has 0 bridgehead atoms. The Kier molecular flexibility index (Phi) is 4.52. The van der Waals surface area contributed by atoms with Crippen LogP contribution in [0.15, 0.2) is 18.2 Å². The molecule has 7 heteroatoms. The molecule has 0 spiro atoms. The number of nitro groups is 1. The molecule has 1 aliphatic rings. The van der Waals surface area contributed by atoms with Crippen LogP contribution >= 0.6 is 0 Å². The molecule has 1 aliphatic heterocycles. The molecule has 2 N–H and O–H groups in total. The normalized spacial score (nSPS) is 18.4. The Morgan fingerprint density at radius 1 is 1.55 bits per heavy atom. The lowest BCUT2D eigenvalue weighted by Crippen LogP contribution is -2.37. The highest BCUT2D eigenvalue weighted by atomic mass is 16.6. The Bertz CT molecular complexity index is 512. The molecule has 0 radical (unpaired) electrons. The highest BCUT2D eigenvalue weighted by Gasteiger charge is 2.22. The Labute approximate surface area is 116 Å². The van der Waals surface area contributed by atoms with Crippen LogP contribution < -0.4 is 15.4 Å². The molecule has 2 rings (SSSR count). The molecule has 0 unspecified atom stereocenters. The fraction of sp³-hybridized carbons (Fsp3) is 0.462. The maximum absolute atomic E-state index is 12.1. The predicted octanol–water partition coefficient (Wildman–Crippen LogP) is 1.54. The van der Waals surface area contributed by atoms with Gasteiger partial charge in [0, 0.05) is 18.7 Å². The standard InChI is InChI=1S/C13H17N3O4/c1-20-12-5-4-10(16(18)19)7-11(12)15-13(17)9-3-2-6-14-8-9/h4-5,7,9,14H,2-3,6,8H2,1H3,(H,15,17)/t9-/m1/s1. The monoisotopic (exact) mass is 279 g/mol. The molecule has 1 fully saturated rings. The predicted molar refractivity (Wildman–Crippen MR) is 73.9 cm³/mol. The van der Waals surface area contributed by atoms with Crippen LogP contribution in [0.5, 0.6) is 5.75 Å². The van der Waals surface area contributed by atoms with E-state index in [1.807, 2.05) is 0 Å². The second kappa shape index (κ2) is 6.33. The number of carbonyl (C=O) groups excluding carboxylic acids is 1. The van der Waals surface area contributed by atoms with Crippen LogP contribution in [0.25, 0.3) is 0 Å². The minimum Gasteiger partial charge on any atom is -0.495 e. The molecule has 1 saturated heterocycles. The Morgan fingerprint density at radius 3 is 2.95 bits per heavy atom. The van der Waals surface area contributed by atoms with E-state index in [0.717, 1.165) is 19.4 Å². The number of nitrogens with zero attached hydrogens (tertiary/aromatic N) is 1. The summed E-state index contributed by atoms with van der Waals surface area (Å²) in [6, 6.07) is 4.14. The summed E-state index contributed by atoms with van der Waals surface area (Å²) < 4.78 is 5.12. The van der Waals surface area contributed by atoms with Crippen LogP contribution in [-0.2, 0) is 4.79 Å². The summed E-state index contributed by atoms with van der Waals surface area (Å²) in [6.45, 7) is 1.55. The van der Waals surface area contributed by atoms with Crippen LogP contribution in [0.1, 0.15) is 12.8 Å². The summed E-state index contributed by atoms with van der Waals surface area (Å²) in [5.41, 5.74) is 0.250. The maximum atomic E-state index is 12.1. The van der Waals surface area contributed by atoms with Gasteiger partial charge in [-0.1, -0.05) is 0 Å². The summed E-state index contributed by atoms with van der Waals surface area (Å²) in [5, 5.41) is 16.7. The van der Waals surface area contributed by atoms with Crippen molar-refractivity contribution in [3.05, 3.63) is 28.3 Å². The van der Waals surface area contributed by atoms with Gasteiger partial charge in [-0.05, 0) is 25.5 Å². The molecule has 0 aromatic heterocycles. The Hall–Kier alpha value is -2.15. The lowest BCUT2D eigenvalue weighted by molar-refractivity contribution is -0.384. The fourth-order valence-corrected chi connectivity index (χ4v) is 2.22. The first-order valence-corrected chi connectivity index (χ1v) is 6.46. The third-order valence-corrected chi connectivity index (χ3v) is 3.32. The van der Waals surface area contributed by atoms with E-state index in [0.29, 0.717) is 18.0 Å². The molecular weight excluding hydrogens is 262 g/mol. The molecule has 20 heavy (non-hydrogen) atoms. The number of nitrogens with one attached hydrogen (secondary N) is 2. The highest BCUT2D eigenvalue weighted by molar-refractivity contribution is 5.94. The zero-order chi connectivity index (χ0) is 14.5. The SMILES string of the molecule is COc1ccc([N+](=O)[O-])cc1NC(=O)[C@@H]1CCCNC1. The van der Waals surface area contributed by atoms with Crippen molar-refractivity contribution in [3.8, 4) is 5.75 Å². The minimum atomic E-state index is -0.503. The van der Waals surface area contributed by atoms with Gasteiger partial charge >= 0.3 is 0 Å². The molecule has 1 heterocycles. The second-order valence-electron chi connectivity index (χ2n) is 4.67. The van der Waals surface area contributed by atoms with Crippen molar-refractivity contribution in [2.45, 2.75) is 12.8 Å². The summed E-state index contributed by atoms with van der Waals surface area (Å²) in [4.78, 5) is 22.4. The van der Waals surface area contributed by atoms with Crippen LogP contribution in [0.2, 0.25) is 0 Å². The number of methoxy groups -OCH3 is 1. The average molecular weight is 279 g/mol. The van der Waals surface area contributed by atoms with Gasteiger partial charge in [0.05, 0.1) is 23.6 Å². The van der Waals surface area contributed by atoms with E-state index in [1.54, 1.807) is 0 Å². The van der Waals surface area contributed by atoms with Crippen molar-refractivity contribution in [1.29, 1.82) is 0 Å². The number of anilines is 1. The van der Waals surface area contributed by atoms with Crippen molar-refractivity contribution in [3.63, 3.8) is 0 Å². The Morgan fingerprint density at radius 2 is 2.35 bits per heavy atom. The molecule has 1 aromatic carbocycles. The number of hydrogen-bond acceptors (Lipinski definition) is 5. The van der Waals surface area contributed by atoms with Crippen LogP contribution in [0, 0.1) is 16.0 Å². The number of ether oxygens (including phenoxy) is 1.